The molecule has 0 fully saturated rings. The summed E-state index contributed by atoms with van der Waals surface area (Å²) in [5, 5.41) is 17.4. The van der Waals surface area contributed by atoms with E-state index >= 15 is 0 Å². The topological polar surface area (TPSA) is 103 Å². The first kappa shape index (κ1) is 15.8. The van der Waals surface area contributed by atoms with Crippen LogP contribution in [0.15, 0.2) is 49.1 Å². The van der Waals surface area contributed by atoms with E-state index in [1.165, 1.54) is 18.5 Å². The number of nitrogens with one attached hydrogen (secondary N) is 1. The van der Waals surface area contributed by atoms with Gasteiger partial charge in [-0.05, 0) is 17.2 Å². The first-order valence-electron chi connectivity index (χ1n) is 7.04. The fourth-order valence-corrected chi connectivity index (χ4v) is 2.82. The summed E-state index contributed by atoms with van der Waals surface area (Å²) in [4.78, 5) is 26.3. The van der Waals surface area contributed by atoms with Gasteiger partial charge < -0.3 is 5.32 Å². The highest BCUT2D eigenvalue weighted by molar-refractivity contribution is 7.17. The van der Waals surface area contributed by atoms with Crippen molar-refractivity contribution >= 4 is 22.2 Å². The summed E-state index contributed by atoms with van der Waals surface area (Å²) in [5.74, 6) is -0.320. The van der Waals surface area contributed by atoms with Gasteiger partial charge in [0.2, 0.25) is 0 Å². The molecule has 3 aromatic rings. The molecule has 0 radical (unpaired) electrons. The zero-order valence-electron chi connectivity index (χ0n) is 12.5. The van der Waals surface area contributed by atoms with Gasteiger partial charge in [-0.25, -0.2) is 9.67 Å². The predicted molar refractivity (Wildman–Crippen MR) is 87.7 cm³/mol. The number of carbonyl (C=O) groups is 1. The van der Waals surface area contributed by atoms with Crippen molar-refractivity contribution in [1.29, 1.82) is 0 Å². The van der Waals surface area contributed by atoms with E-state index in [0.29, 0.717) is 18.0 Å². The first-order valence-corrected chi connectivity index (χ1v) is 7.86. The third-order valence-corrected chi connectivity index (χ3v) is 4.32. The molecule has 1 N–H and O–H groups in total. The molecular weight excluding hydrogens is 330 g/mol. The monoisotopic (exact) mass is 343 g/mol. The zero-order chi connectivity index (χ0) is 16.9. The Hall–Kier alpha value is -3.07. The van der Waals surface area contributed by atoms with Crippen LogP contribution in [0.1, 0.15) is 20.8 Å². The molecule has 9 heteroatoms. The lowest BCUT2D eigenvalue weighted by molar-refractivity contribution is -0.380. The molecule has 0 aliphatic carbocycles. The molecule has 0 aliphatic heterocycles. The van der Waals surface area contributed by atoms with Crippen molar-refractivity contribution in [3.05, 3.63) is 75.2 Å². The average Bonchev–Trinajstić information content (AvgIpc) is 3.25. The smallest absolute Gasteiger partial charge is 0.324 e. The van der Waals surface area contributed by atoms with Crippen molar-refractivity contribution in [3.8, 4) is 0 Å². The van der Waals surface area contributed by atoms with Crippen molar-refractivity contribution in [1.82, 2.24) is 20.1 Å². The Morgan fingerprint density at radius 2 is 1.96 bits per heavy atom. The largest absolute Gasteiger partial charge is 0.347 e. The van der Waals surface area contributed by atoms with E-state index in [1.54, 1.807) is 11.0 Å². The van der Waals surface area contributed by atoms with Crippen molar-refractivity contribution in [2.45, 2.75) is 13.1 Å². The molecular formula is C15H13N5O3S. The van der Waals surface area contributed by atoms with E-state index in [2.05, 4.69) is 15.4 Å². The van der Waals surface area contributed by atoms with Crippen LogP contribution in [0.5, 0.6) is 0 Å². The van der Waals surface area contributed by atoms with Crippen molar-refractivity contribution in [3.63, 3.8) is 0 Å². The average molecular weight is 343 g/mol. The molecule has 0 aliphatic rings. The molecule has 2 heterocycles. The van der Waals surface area contributed by atoms with E-state index in [4.69, 9.17) is 0 Å². The number of carbonyl (C=O) groups excluding carboxylic acids is 1. The molecule has 3 rings (SSSR count). The maximum absolute atomic E-state index is 12.0. The summed E-state index contributed by atoms with van der Waals surface area (Å²) >= 11 is 0.862. The van der Waals surface area contributed by atoms with Crippen LogP contribution in [0.2, 0.25) is 0 Å². The van der Waals surface area contributed by atoms with Gasteiger partial charge in [0.1, 0.15) is 12.7 Å². The minimum Gasteiger partial charge on any atom is -0.347 e. The highest BCUT2D eigenvalue weighted by atomic mass is 32.1. The minimum atomic E-state index is -0.505. The molecule has 0 saturated heterocycles. The molecule has 8 nitrogen and oxygen atoms in total. The van der Waals surface area contributed by atoms with Crippen molar-refractivity contribution < 1.29 is 9.72 Å². The highest BCUT2D eigenvalue weighted by Gasteiger charge is 2.14. The first-order chi connectivity index (χ1) is 11.6. The van der Waals surface area contributed by atoms with Gasteiger partial charge in [-0.3, -0.25) is 14.9 Å². The summed E-state index contributed by atoms with van der Waals surface area (Å²) in [6.45, 7) is 0.986. The Balaban J connectivity index is 1.55. The van der Waals surface area contributed by atoms with Gasteiger partial charge in [-0.1, -0.05) is 35.6 Å². The Morgan fingerprint density at radius 3 is 2.58 bits per heavy atom. The molecule has 0 unspecified atom stereocenters. The highest BCUT2D eigenvalue weighted by Crippen LogP contribution is 2.23. The second-order valence-corrected chi connectivity index (χ2v) is 6.05. The number of hydrogen-bond acceptors (Lipinski definition) is 6. The van der Waals surface area contributed by atoms with Gasteiger partial charge in [0, 0.05) is 12.6 Å². The third kappa shape index (κ3) is 3.82. The van der Waals surface area contributed by atoms with Crippen LogP contribution in [0.25, 0.3) is 0 Å². The molecule has 0 atom stereocenters. The van der Waals surface area contributed by atoms with Gasteiger partial charge in [0.25, 0.3) is 5.91 Å². The van der Waals surface area contributed by atoms with E-state index in [-0.39, 0.29) is 10.9 Å². The Morgan fingerprint density at radius 1 is 1.21 bits per heavy atom. The molecule has 122 valence electrons. The summed E-state index contributed by atoms with van der Waals surface area (Å²) < 4.78 is 1.72. The molecule has 0 spiro atoms. The van der Waals surface area contributed by atoms with Crippen LogP contribution in [-0.2, 0) is 13.1 Å². The van der Waals surface area contributed by atoms with Crippen LogP contribution < -0.4 is 5.32 Å². The van der Waals surface area contributed by atoms with Gasteiger partial charge >= 0.3 is 5.00 Å². The Bertz CT molecular complexity index is 842. The van der Waals surface area contributed by atoms with E-state index in [0.717, 1.165) is 22.5 Å². The van der Waals surface area contributed by atoms with Crippen LogP contribution >= 0.6 is 11.3 Å². The predicted octanol–water partition coefficient (Wildman–Crippen LogP) is 2.23. The normalized spacial score (nSPS) is 10.5. The quantitative estimate of drug-likeness (QED) is 0.546. The molecule has 1 amide bonds. The van der Waals surface area contributed by atoms with E-state index in [1.807, 2.05) is 24.3 Å². The summed E-state index contributed by atoms with van der Waals surface area (Å²) in [6, 6.07) is 10.5. The summed E-state index contributed by atoms with van der Waals surface area (Å²) in [5.41, 5.74) is 2.02. The van der Waals surface area contributed by atoms with E-state index in [9.17, 15) is 14.9 Å². The SMILES string of the molecule is O=C(NCc1ccc(Cn2cncn2)cc1)c1ccc([N+](=O)[O-])s1. The summed E-state index contributed by atoms with van der Waals surface area (Å²) in [6.07, 6.45) is 3.13. The Kier molecular flexibility index (Phi) is 4.62. The number of rotatable bonds is 6. The fourth-order valence-electron chi connectivity index (χ4n) is 2.08. The van der Waals surface area contributed by atoms with Gasteiger partial charge in [-0.15, -0.1) is 0 Å². The molecule has 0 saturated carbocycles. The van der Waals surface area contributed by atoms with Crippen molar-refractivity contribution in [2.75, 3.05) is 0 Å². The molecule has 24 heavy (non-hydrogen) atoms. The zero-order valence-corrected chi connectivity index (χ0v) is 13.3. The lowest BCUT2D eigenvalue weighted by atomic mass is 10.1. The van der Waals surface area contributed by atoms with Crippen LogP contribution in [0.4, 0.5) is 5.00 Å². The lowest BCUT2D eigenvalue weighted by Crippen LogP contribution is -2.21. The number of aromatic nitrogens is 3. The molecule has 1 aromatic carbocycles. The van der Waals surface area contributed by atoms with Gasteiger partial charge in [0.15, 0.2) is 0 Å². The minimum absolute atomic E-state index is 0.0439. The summed E-state index contributed by atoms with van der Waals surface area (Å²) in [7, 11) is 0. The maximum Gasteiger partial charge on any atom is 0.324 e. The third-order valence-electron chi connectivity index (χ3n) is 3.28. The van der Waals surface area contributed by atoms with Gasteiger partial charge in [0.05, 0.1) is 16.3 Å². The number of nitro groups is 1. The molecule has 0 bridgehead atoms. The van der Waals surface area contributed by atoms with Crippen molar-refractivity contribution in [2.24, 2.45) is 0 Å². The van der Waals surface area contributed by atoms with Gasteiger partial charge in [-0.2, -0.15) is 5.10 Å². The van der Waals surface area contributed by atoms with Crippen LogP contribution in [0, 0.1) is 10.1 Å². The standard InChI is InChI=1S/C15H13N5O3S/c21-15(13-5-6-14(24-13)20(22)23)17-7-11-1-3-12(4-2-11)8-19-10-16-9-18-19/h1-6,9-10H,7-8H2,(H,17,21). The number of hydrogen-bond donors (Lipinski definition) is 1. The fraction of sp³-hybridized carbons (Fsp3) is 0.133. The van der Waals surface area contributed by atoms with Crippen LogP contribution in [-0.4, -0.2) is 25.6 Å². The Labute approximate surface area is 140 Å². The van der Waals surface area contributed by atoms with Crippen LogP contribution in [0.3, 0.4) is 0 Å². The maximum atomic E-state index is 12.0. The second kappa shape index (κ2) is 7.01. The number of amides is 1. The number of nitrogens with zero attached hydrogens (tertiary/aromatic N) is 4. The second-order valence-electron chi connectivity index (χ2n) is 4.99. The molecule has 2 aromatic heterocycles. The number of thiophene rings is 1. The number of benzene rings is 1. The van der Waals surface area contributed by atoms with E-state index < -0.39 is 4.92 Å². The lowest BCUT2D eigenvalue weighted by Gasteiger charge is -2.06.